The largest absolute Gasteiger partial charge is 0.330 e. The average Bonchev–Trinajstić information content (AvgIpc) is 2.85. The first-order valence-electron chi connectivity index (χ1n) is 7.58. The molecule has 1 fully saturated rings. The van der Waals surface area contributed by atoms with Crippen molar-refractivity contribution in [3.05, 3.63) is 40.5 Å². The quantitative estimate of drug-likeness (QED) is 0.945. The number of hydrogen-bond acceptors (Lipinski definition) is 3. The number of likely N-dealkylation sites (tertiary alicyclic amines) is 1. The summed E-state index contributed by atoms with van der Waals surface area (Å²) in [5.41, 5.74) is 8.94. The molecule has 21 heavy (non-hydrogen) atoms. The number of benzene rings is 1. The van der Waals surface area contributed by atoms with E-state index in [1.807, 2.05) is 12.1 Å². The van der Waals surface area contributed by atoms with E-state index >= 15 is 0 Å². The van der Waals surface area contributed by atoms with Gasteiger partial charge in [-0.05, 0) is 44.4 Å². The molecule has 0 spiro atoms. The molecule has 1 saturated heterocycles. The lowest BCUT2D eigenvalue weighted by Gasteiger charge is -2.22. The van der Waals surface area contributed by atoms with E-state index in [4.69, 9.17) is 22.3 Å². The van der Waals surface area contributed by atoms with E-state index in [1.54, 1.807) is 0 Å². The second-order valence-electron chi connectivity index (χ2n) is 6.13. The van der Waals surface area contributed by atoms with Crippen LogP contribution in [-0.4, -0.2) is 29.0 Å². The number of pyridine rings is 1. The van der Waals surface area contributed by atoms with Gasteiger partial charge in [-0.25, -0.2) is 4.98 Å². The predicted octanol–water partition coefficient (Wildman–Crippen LogP) is 3.37. The monoisotopic (exact) mass is 303 g/mol. The van der Waals surface area contributed by atoms with Gasteiger partial charge in [-0.3, -0.25) is 4.90 Å². The molecule has 0 aliphatic carbocycles. The number of nitrogens with two attached hydrogens (primary N) is 1. The molecule has 2 N–H and O–H groups in total. The van der Waals surface area contributed by atoms with Gasteiger partial charge < -0.3 is 5.73 Å². The van der Waals surface area contributed by atoms with Crippen LogP contribution in [0.5, 0.6) is 0 Å². The fraction of sp³-hybridized carbons (Fsp3) is 0.471. The molecule has 0 saturated carbocycles. The summed E-state index contributed by atoms with van der Waals surface area (Å²) in [5.74, 6) is 0.598. The molecule has 2 aromatic rings. The Morgan fingerprint density at radius 2 is 2.14 bits per heavy atom. The molecule has 3 nitrogen and oxygen atoms in total. The Morgan fingerprint density at radius 3 is 2.86 bits per heavy atom. The molecule has 0 amide bonds. The first kappa shape index (κ1) is 14.8. The van der Waals surface area contributed by atoms with Crippen molar-refractivity contribution >= 4 is 22.5 Å². The van der Waals surface area contributed by atoms with Crippen molar-refractivity contribution in [3.63, 3.8) is 0 Å². The molecule has 3 rings (SSSR count). The molecule has 1 aromatic carbocycles. The molecule has 0 bridgehead atoms. The van der Waals surface area contributed by atoms with Gasteiger partial charge in [0.25, 0.3) is 0 Å². The van der Waals surface area contributed by atoms with Gasteiger partial charge in [-0.2, -0.15) is 0 Å². The molecule has 0 radical (unpaired) electrons. The van der Waals surface area contributed by atoms with E-state index in [0.717, 1.165) is 46.8 Å². The molecule has 112 valence electrons. The summed E-state index contributed by atoms with van der Waals surface area (Å²) in [5, 5.41) is 1.94. The van der Waals surface area contributed by atoms with Crippen molar-refractivity contribution in [1.82, 2.24) is 9.88 Å². The number of rotatable bonds is 3. The van der Waals surface area contributed by atoms with Crippen LogP contribution in [-0.2, 0) is 6.54 Å². The SMILES string of the molecule is Cc1c(Cl)c(CN2CC(CN)CC2C)nc2ccccc12. The summed E-state index contributed by atoms with van der Waals surface area (Å²) in [6.45, 7) is 6.95. The minimum atomic E-state index is 0.545. The van der Waals surface area contributed by atoms with Gasteiger partial charge >= 0.3 is 0 Å². The van der Waals surface area contributed by atoms with Crippen molar-refractivity contribution in [2.45, 2.75) is 32.9 Å². The van der Waals surface area contributed by atoms with Crippen LogP contribution in [0.25, 0.3) is 10.9 Å². The van der Waals surface area contributed by atoms with Crippen LogP contribution in [0.4, 0.5) is 0 Å². The summed E-state index contributed by atoms with van der Waals surface area (Å²) in [6.07, 6.45) is 1.17. The first-order valence-corrected chi connectivity index (χ1v) is 7.95. The molecule has 1 aliphatic rings. The number of hydrogen-bond donors (Lipinski definition) is 1. The Hall–Kier alpha value is -1.16. The summed E-state index contributed by atoms with van der Waals surface area (Å²) in [7, 11) is 0. The normalized spacial score (nSPS) is 23.0. The average molecular weight is 304 g/mol. The highest BCUT2D eigenvalue weighted by atomic mass is 35.5. The molecule has 2 heterocycles. The minimum absolute atomic E-state index is 0.545. The fourth-order valence-corrected chi connectivity index (χ4v) is 3.53. The Morgan fingerprint density at radius 1 is 1.38 bits per heavy atom. The van der Waals surface area contributed by atoms with Crippen LogP contribution in [0.2, 0.25) is 5.02 Å². The predicted molar refractivity (Wildman–Crippen MR) is 88.5 cm³/mol. The van der Waals surface area contributed by atoms with Crippen molar-refractivity contribution in [1.29, 1.82) is 0 Å². The minimum Gasteiger partial charge on any atom is -0.330 e. The van der Waals surface area contributed by atoms with Gasteiger partial charge in [0.2, 0.25) is 0 Å². The van der Waals surface area contributed by atoms with Crippen LogP contribution in [0.1, 0.15) is 24.6 Å². The lowest BCUT2D eigenvalue weighted by molar-refractivity contribution is 0.253. The lowest BCUT2D eigenvalue weighted by atomic mass is 10.1. The smallest absolute Gasteiger partial charge is 0.0740 e. The zero-order chi connectivity index (χ0) is 15.0. The van der Waals surface area contributed by atoms with E-state index < -0.39 is 0 Å². The second-order valence-corrected chi connectivity index (χ2v) is 6.51. The van der Waals surface area contributed by atoms with Crippen LogP contribution < -0.4 is 5.73 Å². The van der Waals surface area contributed by atoms with Crippen molar-refractivity contribution in [3.8, 4) is 0 Å². The van der Waals surface area contributed by atoms with Gasteiger partial charge in [0.1, 0.15) is 0 Å². The van der Waals surface area contributed by atoms with E-state index in [-0.39, 0.29) is 0 Å². The Balaban J connectivity index is 1.92. The van der Waals surface area contributed by atoms with Crippen molar-refractivity contribution in [2.75, 3.05) is 13.1 Å². The Labute approximate surface area is 131 Å². The number of halogens is 1. The molecule has 2 unspecified atom stereocenters. The molecular weight excluding hydrogens is 282 g/mol. The number of para-hydroxylation sites is 1. The van der Waals surface area contributed by atoms with E-state index in [1.165, 1.54) is 6.42 Å². The third-order valence-corrected chi connectivity index (χ3v) is 5.12. The van der Waals surface area contributed by atoms with Gasteiger partial charge in [0, 0.05) is 24.5 Å². The standard InChI is InChI=1S/C17H22ClN3/c1-11-7-13(8-19)9-21(11)10-16-17(18)12(2)14-5-3-4-6-15(14)20-16/h3-6,11,13H,7-10,19H2,1-2H3. The van der Waals surface area contributed by atoms with Crippen LogP contribution >= 0.6 is 11.6 Å². The maximum Gasteiger partial charge on any atom is 0.0740 e. The zero-order valence-corrected chi connectivity index (χ0v) is 13.4. The number of nitrogens with zero attached hydrogens (tertiary/aromatic N) is 2. The summed E-state index contributed by atoms with van der Waals surface area (Å²) >= 11 is 6.55. The lowest BCUT2D eigenvalue weighted by Crippen LogP contribution is -2.28. The maximum absolute atomic E-state index is 6.55. The number of aromatic nitrogens is 1. The Bertz CT molecular complexity index is 656. The van der Waals surface area contributed by atoms with Gasteiger partial charge in [-0.15, -0.1) is 0 Å². The third kappa shape index (κ3) is 2.78. The van der Waals surface area contributed by atoms with Crippen molar-refractivity contribution < 1.29 is 0 Å². The van der Waals surface area contributed by atoms with E-state index in [9.17, 15) is 0 Å². The zero-order valence-electron chi connectivity index (χ0n) is 12.6. The Kier molecular flexibility index (Phi) is 4.16. The highest BCUT2D eigenvalue weighted by Crippen LogP contribution is 2.30. The molecular formula is C17H22ClN3. The highest BCUT2D eigenvalue weighted by molar-refractivity contribution is 6.32. The second kappa shape index (κ2) is 5.91. The van der Waals surface area contributed by atoms with Gasteiger partial charge in [-0.1, -0.05) is 29.8 Å². The van der Waals surface area contributed by atoms with Gasteiger partial charge in [0.05, 0.1) is 16.2 Å². The van der Waals surface area contributed by atoms with Crippen LogP contribution in [0, 0.1) is 12.8 Å². The molecule has 4 heteroatoms. The first-order chi connectivity index (χ1) is 10.1. The molecule has 1 aromatic heterocycles. The maximum atomic E-state index is 6.55. The third-order valence-electron chi connectivity index (χ3n) is 4.62. The highest BCUT2D eigenvalue weighted by Gasteiger charge is 2.29. The summed E-state index contributed by atoms with van der Waals surface area (Å²) < 4.78 is 0. The number of aryl methyl sites for hydroxylation is 1. The molecule has 2 atom stereocenters. The molecule has 1 aliphatic heterocycles. The summed E-state index contributed by atoms with van der Waals surface area (Å²) in [6, 6.07) is 8.73. The number of fused-ring (bicyclic) bond motifs is 1. The van der Waals surface area contributed by atoms with E-state index in [2.05, 4.69) is 30.9 Å². The fourth-order valence-electron chi connectivity index (χ4n) is 3.32. The summed E-state index contributed by atoms with van der Waals surface area (Å²) in [4.78, 5) is 7.22. The van der Waals surface area contributed by atoms with Crippen molar-refractivity contribution in [2.24, 2.45) is 11.7 Å². The van der Waals surface area contributed by atoms with Crippen LogP contribution in [0.15, 0.2) is 24.3 Å². The van der Waals surface area contributed by atoms with Gasteiger partial charge in [0.15, 0.2) is 0 Å². The van der Waals surface area contributed by atoms with Crippen LogP contribution in [0.3, 0.4) is 0 Å². The topological polar surface area (TPSA) is 42.1 Å². The van der Waals surface area contributed by atoms with E-state index in [0.29, 0.717) is 12.0 Å².